The highest BCUT2D eigenvalue weighted by Crippen LogP contribution is 2.31. The van der Waals surface area contributed by atoms with Crippen LogP contribution < -0.4 is 5.73 Å². The molecule has 1 fully saturated rings. The molecule has 1 aliphatic rings. The molecule has 1 saturated heterocycles. The van der Waals surface area contributed by atoms with Gasteiger partial charge >= 0.3 is 0 Å². The lowest BCUT2D eigenvalue weighted by molar-refractivity contribution is 0.0553. The zero-order valence-electron chi connectivity index (χ0n) is 10.6. The third-order valence-electron chi connectivity index (χ3n) is 3.77. The number of nitrogens with two attached hydrogens (primary N) is 1. The average Bonchev–Trinajstić information content (AvgIpc) is 2.42. The molecule has 2 unspecified atom stereocenters. The van der Waals surface area contributed by atoms with Gasteiger partial charge in [-0.05, 0) is 31.0 Å². The Morgan fingerprint density at radius 3 is 2.83 bits per heavy atom. The van der Waals surface area contributed by atoms with Crippen LogP contribution in [0, 0.1) is 0 Å². The van der Waals surface area contributed by atoms with E-state index in [0.717, 1.165) is 30.0 Å². The maximum Gasteiger partial charge on any atom is 0.0587 e. The molecule has 3 N–H and O–H groups in total. The van der Waals surface area contributed by atoms with Crippen molar-refractivity contribution in [3.63, 3.8) is 0 Å². The average molecular weight is 269 g/mol. The summed E-state index contributed by atoms with van der Waals surface area (Å²) in [6.45, 7) is 1.71. The van der Waals surface area contributed by atoms with Crippen LogP contribution in [-0.4, -0.2) is 35.7 Å². The van der Waals surface area contributed by atoms with Gasteiger partial charge in [-0.25, -0.2) is 0 Å². The van der Waals surface area contributed by atoms with E-state index in [4.69, 9.17) is 17.3 Å². The summed E-state index contributed by atoms with van der Waals surface area (Å²) in [5.74, 6) is 0. The van der Waals surface area contributed by atoms with E-state index in [0.29, 0.717) is 6.54 Å². The van der Waals surface area contributed by atoms with Gasteiger partial charge in [-0.1, -0.05) is 36.2 Å². The predicted molar refractivity (Wildman–Crippen MR) is 74.7 cm³/mol. The highest BCUT2D eigenvalue weighted by atomic mass is 35.5. The lowest BCUT2D eigenvalue weighted by atomic mass is 9.96. The van der Waals surface area contributed by atoms with Crippen molar-refractivity contribution in [1.29, 1.82) is 0 Å². The summed E-state index contributed by atoms with van der Waals surface area (Å²) in [6, 6.07) is 8.17. The summed E-state index contributed by atoms with van der Waals surface area (Å²) in [6.07, 6.45) is 3.39. The fourth-order valence-electron chi connectivity index (χ4n) is 2.82. The summed E-state index contributed by atoms with van der Waals surface area (Å²) in [5, 5.41) is 10.3. The second-order valence-corrected chi connectivity index (χ2v) is 5.25. The Balaban J connectivity index is 2.24. The summed E-state index contributed by atoms with van der Waals surface area (Å²) in [5.41, 5.74) is 7.01. The molecule has 0 radical (unpaired) electrons. The molecule has 1 heterocycles. The van der Waals surface area contributed by atoms with Crippen molar-refractivity contribution >= 4 is 11.6 Å². The van der Waals surface area contributed by atoms with Gasteiger partial charge in [0.1, 0.15) is 0 Å². The molecule has 1 aromatic rings. The number of halogens is 1. The van der Waals surface area contributed by atoms with E-state index < -0.39 is 0 Å². The highest BCUT2D eigenvalue weighted by Gasteiger charge is 2.29. The van der Waals surface area contributed by atoms with E-state index in [1.54, 1.807) is 0 Å². The molecule has 0 spiro atoms. The fraction of sp³-hybridized carbons (Fsp3) is 0.571. The number of aliphatic hydroxyl groups excluding tert-OH is 1. The minimum atomic E-state index is 0.108. The SMILES string of the molecule is NCC(c1ccccc1Cl)N1CCCCC1CO. The van der Waals surface area contributed by atoms with Gasteiger partial charge in [-0.3, -0.25) is 4.90 Å². The second kappa shape index (κ2) is 6.53. The van der Waals surface area contributed by atoms with E-state index in [2.05, 4.69) is 4.90 Å². The van der Waals surface area contributed by atoms with Crippen molar-refractivity contribution in [1.82, 2.24) is 4.90 Å². The highest BCUT2D eigenvalue weighted by molar-refractivity contribution is 6.31. The van der Waals surface area contributed by atoms with E-state index in [1.807, 2.05) is 24.3 Å². The Morgan fingerprint density at radius 1 is 1.39 bits per heavy atom. The molecule has 18 heavy (non-hydrogen) atoms. The molecule has 1 aromatic carbocycles. The van der Waals surface area contributed by atoms with Crippen LogP contribution in [0.2, 0.25) is 5.02 Å². The number of piperidine rings is 1. The van der Waals surface area contributed by atoms with Crippen LogP contribution in [0.4, 0.5) is 0 Å². The first kappa shape index (κ1) is 13.8. The van der Waals surface area contributed by atoms with E-state index >= 15 is 0 Å². The normalized spacial score (nSPS) is 22.9. The van der Waals surface area contributed by atoms with Gasteiger partial charge in [0.2, 0.25) is 0 Å². The first-order valence-electron chi connectivity index (χ1n) is 6.59. The molecule has 0 saturated carbocycles. The maximum atomic E-state index is 9.51. The summed E-state index contributed by atoms with van der Waals surface area (Å²) in [4.78, 5) is 2.31. The van der Waals surface area contributed by atoms with Crippen LogP contribution in [0.1, 0.15) is 30.9 Å². The first-order chi connectivity index (χ1) is 8.77. The van der Waals surface area contributed by atoms with Crippen molar-refractivity contribution < 1.29 is 5.11 Å². The van der Waals surface area contributed by atoms with E-state index in [1.165, 1.54) is 6.42 Å². The lowest BCUT2D eigenvalue weighted by Gasteiger charge is -2.40. The standard InChI is InChI=1S/C14H21ClN2O/c15-13-7-2-1-6-12(13)14(9-16)17-8-4-3-5-11(17)10-18/h1-2,6-7,11,14,18H,3-5,8-10,16H2. The quantitative estimate of drug-likeness (QED) is 0.880. The number of benzene rings is 1. The fourth-order valence-corrected chi connectivity index (χ4v) is 3.08. The summed E-state index contributed by atoms with van der Waals surface area (Å²) in [7, 11) is 0. The number of aliphatic hydroxyl groups is 1. The number of hydrogen-bond donors (Lipinski definition) is 2. The van der Waals surface area contributed by atoms with E-state index in [-0.39, 0.29) is 18.7 Å². The lowest BCUT2D eigenvalue weighted by Crippen LogP contribution is -2.46. The van der Waals surface area contributed by atoms with Gasteiger partial charge in [0.05, 0.1) is 6.61 Å². The molecule has 0 amide bonds. The summed E-state index contributed by atoms with van der Waals surface area (Å²) < 4.78 is 0. The first-order valence-corrected chi connectivity index (χ1v) is 6.96. The van der Waals surface area contributed by atoms with Crippen molar-refractivity contribution in [2.24, 2.45) is 5.73 Å². The molecule has 0 aliphatic carbocycles. The van der Waals surface area contributed by atoms with Crippen molar-refractivity contribution in [3.05, 3.63) is 34.9 Å². The molecular weight excluding hydrogens is 248 g/mol. The summed E-state index contributed by atoms with van der Waals surface area (Å²) >= 11 is 6.26. The van der Waals surface area contributed by atoms with Crippen LogP contribution >= 0.6 is 11.6 Å². The molecular formula is C14H21ClN2O. The number of hydrogen-bond acceptors (Lipinski definition) is 3. The second-order valence-electron chi connectivity index (χ2n) is 4.84. The zero-order valence-corrected chi connectivity index (χ0v) is 11.3. The van der Waals surface area contributed by atoms with Gasteiger partial charge in [-0.15, -0.1) is 0 Å². The Bertz CT molecular complexity index is 386. The van der Waals surface area contributed by atoms with Gasteiger partial charge in [0, 0.05) is 23.7 Å². The Hall–Kier alpha value is -0.610. The molecule has 4 heteroatoms. The van der Waals surface area contributed by atoms with Crippen LogP contribution in [-0.2, 0) is 0 Å². The van der Waals surface area contributed by atoms with Crippen molar-refractivity contribution in [2.75, 3.05) is 19.7 Å². The number of nitrogens with zero attached hydrogens (tertiary/aromatic N) is 1. The molecule has 0 bridgehead atoms. The smallest absolute Gasteiger partial charge is 0.0587 e. The Labute approximate surface area is 114 Å². The van der Waals surface area contributed by atoms with Crippen molar-refractivity contribution in [3.8, 4) is 0 Å². The third kappa shape index (κ3) is 2.86. The topological polar surface area (TPSA) is 49.5 Å². The maximum absolute atomic E-state index is 9.51. The predicted octanol–water partition coefficient (Wildman–Crippen LogP) is 2.19. The zero-order chi connectivity index (χ0) is 13.0. The molecule has 3 nitrogen and oxygen atoms in total. The number of rotatable bonds is 4. The third-order valence-corrected chi connectivity index (χ3v) is 4.12. The Morgan fingerprint density at radius 2 is 2.17 bits per heavy atom. The molecule has 100 valence electrons. The van der Waals surface area contributed by atoms with Gasteiger partial charge in [0.25, 0.3) is 0 Å². The molecule has 2 atom stereocenters. The molecule has 1 aliphatic heterocycles. The minimum absolute atomic E-state index is 0.108. The van der Waals surface area contributed by atoms with Gasteiger partial charge in [0.15, 0.2) is 0 Å². The monoisotopic (exact) mass is 268 g/mol. The van der Waals surface area contributed by atoms with Crippen molar-refractivity contribution in [2.45, 2.75) is 31.3 Å². The van der Waals surface area contributed by atoms with Gasteiger partial charge < -0.3 is 10.8 Å². The molecule has 0 aromatic heterocycles. The molecule has 2 rings (SSSR count). The largest absolute Gasteiger partial charge is 0.395 e. The Kier molecular flexibility index (Phi) is 5.01. The van der Waals surface area contributed by atoms with Gasteiger partial charge in [-0.2, -0.15) is 0 Å². The van der Waals surface area contributed by atoms with E-state index in [9.17, 15) is 5.11 Å². The van der Waals surface area contributed by atoms with Crippen LogP contribution in [0.5, 0.6) is 0 Å². The van der Waals surface area contributed by atoms with Crippen LogP contribution in [0.3, 0.4) is 0 Å². The number of likely N-dealkylation sites (tertiary alicyclic amines) is 1. The van der Waals surface area contributed by atoms with Crippen LogP contribution in [0.25, 0.3) is 0 Å². The van der Waals surface area contributed by atoms with Crippen LogP contribution in [0.15, 0.2) is 24.3 Å². The minimum Gasteiger partial charge on any atom is -0.395 e.